The van der Waals surface area contributed by atoms with E-state index in [0.717, 1.165) is 0 Å². The SMILES string of the molecule is CCCCCCCCCCCc1sccc1[SiH3]. The summed E-state index contributed by atoms with van der Waals surface area (Å²) in [5, 5.41) is 3.89. The Morgan fingerprint density at radius 1 is 0.941 bits per heavy atom. The normalized spacial score (nSPS) is 11.1. The van der Waals surface area contributed by atoms with Gasteiger partial charge in [0.25, 0.3) is 0 Å². The van der Waals surface area contributed by atoms with Gasteiger partial charge in [0, 0.05) is 15.1 Å². The van der Waals surface area contributed by atoms with Crippen molar-refractivity contribution in [3.05, 3.63) is 16.3 Å². The summed E-state index contributed by atoms with van der Waals surface area (Å²) in [4.78, 5) is 1.67. The Balaban J connectivity index is 1.86. The van der Waals surface area contributed by atoms with Gasteiger partial charge in [-0.25, -0.2) is 0 Å². The van der Waals surface area contributed by atoms with Crippen LogP contribution in [-0.4, -0.2) is 10.2 Å². The lowest BCUT2D eigenvalue weighted by Gasteiger charge is -2.02. The summed E-state index contributed by atoms with van der Waals surface area (Å²) < 4.78 is 0. The highest BCUT2D eigenvalue weighted by atomic mass is 32.1. The van der Waals surface area contributed by atoms with E-state index < -0.39 is 0 Å². The van der Waals surface area contributed by atoms with Gasteiger partial charge in [-0.2, -0.15) is 0 Å². The highest BCUT2D eigenvalue weighted by Crippen LogP contribution is 2.13. The van der Waals surface area contributed by atoms with Crippen molar-refractivity contribution in [1.29, 1.82) is 0 Å². The Morgan fingerprint density at radius 2 is 1.53 bits per heavy atom. The third-order valence-corrected chi connectivity index (χ3v) is 5.86. The summed E-state index contributed by atoms with van der Waals surface area (Å²) in [7, 11) is 1.23. The molecule has 0 amide bonds. The molecule has 2 heteroatoms. The van der Waals surface area contributed by atoms with E-state index in [2.05, 4.69) is 18.4 Å². The van der Waals surface area contributed by atoms with Crippen molar-refractivity contribution in [1.82, 2.24) is 0 Å². The predicted octanol–water partition coefficient (Wildman–Crippen LogP) is 3.81. The minimum Gasteiger partial charge on any atom is -0.149 e. The molecule has 0 aliphatic rings. The van der Waals surface area contributed by atoms with Gasteiger partial charge < -0.3 is 0 Å². The molecule has 1 heterocycles. The van der Waals surface area contributed by atoms with Crippen molar-refractivity contribution in [3.8, 4) is 0 Å². The van der Waals surface area contributed by atoms with E-state index in [4.69, 9.17) is 0 Å². The van der Waals surface area contributed by atoms with E-state index in [1.54, 1.807) is 10.1 Å². The number of hydrogen-bond acceptors (Lipinski definition) is 1. The number of rotatable bonds is 10. The number of unbranched alkanes of at least 4 members (excludes halogenated alkanes) is 8. The molecule has 0 fully saturated rings. The maximum atomic E-state index is 2.31. The molecule has 98 valence electrons. The van der Waals surface area contributed by atoms with Crippen LogP contribution in [0.3, 0.4) is 0 Å². The Bertz CT molecular complexity index is 280. The van der Waals surface area contributed by atoms with Crippen LogP contribution in [0, 0.1) is 0 Å². The fourth-order valence-corrected chi connectivity index (χ4v) is 4.22. The topological polar surface area (TPSA) is 0 Å². The summed E-state index contributed by atoms with van der Waals surface area (Å²) in [6.45, 7) is 2.29. The fourth-order valence-electron chi connectivity index (χ4n) is 2.26. The number of hydrogen-bond donors (Lipinski definition) is 0. The molecular formula is C15H28SSi. The summed E-state index contributed by atoms with van der Waals surface area (Å²) >= 11 is 1.96. The molecule has 0 saturated heterocycles. The van der Waals surface area contributed by atoms with Crippen LogP contribution in [0.5, 0.6) is 0 Å². The first-order valence-corrected chi connectivity index (χ1v) is 9.25. The van der Waals surface area contributed by atoms with Crippen LogP contribution in [0.2, 0.25) is 0 Å². The van der Waals surface area contributed by atoms with Gasteiger partial charge in [-0.3, -0.25) is 0 Å². The second-order valence-electron chi connectivity index (χ2n) is 5.11. The summed E-state index contributed by atoms with van der Waals surface area (Å²) in [5.74, 6) is 0. The zero-order chi connectivity index (χ0) is 12.3. The van der Waals surface area contributed by atoms with Gasteiger partial charge >= 0.3 is 0 Å². The van der Waals surface area contributed by atoms with E-state index >= 15 is 0 Å². The largest absolute Gasteiger partial charge is 0.149 e. The first-order chi connectivity index (χ1) is 8.34. The molecule has 0 aliphatic carbocycles. The van der Waals surface area contributed by atoms with Gasteiger partial charge in [-0.1, -0.05) is 69.5 Å². The number of thiophene rings is 1. The molecule has 1 aromatic heterocycles. The quantitative estimate of drug-likeness (QED) is 0.447. The maximum absolute atomic E-state index is 2.31. The monoisotopic (exact) mass is 268 g/mol. The van der Waals surface area contributed by atoms with Crippen LogP contribution in [0.15, 0.2) is 11.4 Å². The number of aryl methyl sites for hydroxylation is 1. The predicted molar refractivity (Wildman–Crippen MR) is 84.8 cm³/mol. The lowest BCUT2D eigenvalue weighted by molar-refractivity contribution is 0.565. The molecule has 1 rings (SSSR count). The van der Waals surface area contributed by atoms with Gasteiger partial charge in [0.2, 0.25) is 0 Å². The summed E-state index contributed by atoms with van der Waals surface area (Å²) in [6, 6.07) is 2.31. The van der Waals surface area contributed by atoms with Crippen LogP contribution in [0.1, 0.15) is 69.6 Å². The van der Waals surface area contributed by atoms with E-state index in [-0.39, 0.29) is 0 Å². The molecule has 0 atom stereocenters. The van der Waals surface area contributed by atoms with Crippen molar-refractivity contribution in [3.63, 3.8) is 0 Å². The fraction of sp³-hybridized carbons (Fsp3) is 0.733. The van der Waals surface area contributed by atoms with Crippen molar-refractivity contribution in [2.45, 2.75) is 71.1 Å². The van der Waals surface area contributed by atoms with Crippen LogP contribution >= 0.6 is 11.3 Å². The molecule has 0 aliphatic heterocycles. The van der Waals surface area contributed by atoms with Crippen LogP contribution in [0.4, 0.5) is 0 Å². The minimum absolute atomic E-state index is 1.23. The average molecular weight is 269 g/mol. The van der Waals surface area contributed by atoms with Gasteiger partial charge in [0.05, 0.1) is 0 Å². The highest BCUT2D eigenvalue weighted by molar-refractivity contribution is 7.11. The molecule has 0 aromatic carbocycles. The molecule has 0 saturated carbocycles. The van der Waals surface area contributed by atoms with E-state index in [1.165, 1.54) is 74.5 Å². The Morgan fingerprint density at radius 3 is 2.06 bits per heavy atom. The van der Waals surface area contributed by atoms with Gasteiger partial charge in [-0.05, 0) is 18.2 Å². The lowest BCUT2D eigenvalue weighted by Crippen LogP contribution is -2.03. The molecule has 0 radical (unpaired) electrons. The van der Waals surface area contributed by atoms with E-state index in [9.17, 15) is 0 Å². The van der Waals surface area contributed by atoms with Crippen molar-refractivity contribution in [2.24, 2.45) is 0 Å². The first kappa shape index (κ1) is 15.0. The maximum Gasteiger partial charge on any atom is 0.0399 e. The summed E-state index contributed by atoms with van der Waals surface area (Å²) in [5.41, 5.74) is 0. The van der Waals surface area contributed by atoms with Crippen LogP contribution in [-0.2, 0) is 6.42 Å². The molecular weight excluding hydrogens is 240 g/mol. The molecule has 0 bridgehead atoms. The molecule has 1 aromatic rings. The molecule has 0 nitrogen and oxygen atoms in total. The third kappa shape index (κ3) is 7.05. The average Bonchev–Trinajstić information content (AvgIpc) is 2.73. The third-order valence-electron chi connectivity index (χ3n) is 3.48. The van der Waals surface area contributed by atoms with E-state index in [1.807, 2.05) is 11.3 Å². The van der Waals surface area contributed by atoms with Crippen molar-refractivity contribution < 1.29 is 0 Å². The molecule has 17 heavy (non-hydrogen) atoms. The smallest absolute Gasteiger partial charge is 0.0399 e. The Hall–Kier alpha value is -0.0831. The second kappa shape index (κ2) is 9.90. The molecule has 0 spiro atoms. The summed E-state index contributed by atoms with van der Waals surface area (Å²) in [6.07, 6.45) is 14.3. The highest BCUT2D eigenvalue weighted by Gasteiger charge is 1.99. The first-order valence-electron chi connectivity index (χ1n) is 7.37. The van der Waals surface area contributed by atoms with Crippen LogP contribution < -0.4 is 5.19 Å². The Kier molecular flexibility index (Phi) is 8.72. The van der Waals surface area contributed by atoms with Gasteiger partial charge in [-0.15, -0.1) is 11.3 Å². The van der Waals surface area contributed by atoms with Crippen molar-refractivity contribution >= 4 is 26.8 Å². The van der Waals surface area contributed by atoms with Gasteiger partial charge in [0.1, 0.15) is 0 Å². The molecule has 0 N–H and O–H groups in total. The van der Waals surface area contributed by atoms with E-state index in [0.29, 0.717) is 0 Å². The minimum atomic E-state index is 1.23. The molecule has 0 unspecified atom stereocenters. The van der Waals surface area contributed by atoms with Gasteiger partial charge in [0.15, 0.2) is 0 Å². The van der Waals surface area contributed by atoms with Crippen LogP contribution in [0.25, 0.3) is 0 Å². The van der Waals surface area contributed by atoms with Crippen molar-refractivity contribution in [2.75, 3.05) is 0 Å². The second-order valence-corrected chi connectivity index (χ2v) is 7.18. The zero-order valence-electron chi connectivity index (χ0n) is 11.6. The standard InChI is InChI=1S/C15H28SSi/c1-2-3-4-5-6-7-8-9-10-11-14-15(17)12-13-16-14/h12-13H,2-11H2,1,17H3. The Labute approximate surface area is 114 Å². The lowest BCUT2D eigenvalue weighted by atomic mass is 10.1. The zero-order valence-corrected chi connectivity index (χ0v) is 14.5.